The van der Waals surface area contributed by atoms with Gasteiger partial charge in [-0.1, -0.05) is 51.9 Å². The molecule has 0 spiro atoms. The summed E-state index contributed by atoms with van der Waals surface area (Å²) < 4.78 is 0. The van der Waals surface area contributed by atoms with Gasteiger partial charge in [0, 0.05) is 0 Å². The molecule has 0 amide bonds. The van der Waals surface area contributed by atoms with Crippen LogP contribution in [-0.2, 0) is 0 Å². The van der Waals surface area contributed by atoms with E-state index in [4.69, 9.17) is 0 Å². The van der Waals surface area contributed by atoms with Crippen molar-refractivity contribution in [3.63, 3.8) is 0 Å². The molecule has 0 nitrogen and oxygen atoms in total. The van der Waals surface area contributed by atoms with Gasteiger partial charge in [0.15, 0.2) is 0 Å². The van der Waals surface area contributed by atoms with Gasteiger partial charge in [-0.3, -0.25) is 0 Å². The van der Waals surface area contributed by atoms with Crippen molar-refractivity contribution in [3.05, 3.63) is 6.42 Å². The van der Waals surface area contributed by atoms with Crippen molar-refractivity contribution >= 4 is 0 Å². The molecular formula is C11H23Na. The van der Waals surface area contributed by atoms with Crippen molar-refractivity contribution in [2.24, 2.45) is 0 Å². The molecule has 0 aromatic rings. The predicted octanol–water partition coefficient (Wildman–Crippen LogP) is 1.36. The molecular weight excluding hydrogens is 155 g/mol. The molecule has 0 aliphatic rings. The van der Waals surface area contributed by atoms with Gasteiger partial charge < -0.3 is 6.42 Å². The molecule has 1 heteroatoms. The first kappa shape index (κ1) is 15.5. The first-order valence-electron chi connectivity index (χ1n) is 5.19. The zero-order valence-corrected chi connectivity index (χ0v) is 11.2. The maximum absolute atomic E-state index is 2.27. The van der Waals surface area contributed by atoms with E-state index in [0.29, 0.717) is 0 Å². The van der Waals surface area contributed by atoms with Crippen molar-refractivity contribution < 1.29 is 29.6 Å². The van der Waals surface area contributed by atoms with Crippen LogP contribution in [0.1, 0.15) is 65.2 Å². The second-order valence-corrected chi connectivity index (χ2v) is 3.32. The second-order valence-electron chi connectivity index (χ2n) is 3.32. The van der Waals surface area contributed by atoms with E-state index in [1.165, 1.54) is 51.4 Å². The summed E-state index contributed by atoms with van der Waals surface area (Å²) in [5.41, 5.74) is 0. The van der Waals surface area contributed by atoms with Crippen molar-refractivity contribution in [1.29, 1.82) is 0 Å². The Balaban J connectivity index is 0. The molecule has 0 radical (unpaired) electrons. The Hall–Kier alpha value is 1.00. The quantitative estimate of drug-likeness (QED) is 0.299. The summed E-state index contributed by atoms with van der Waals surface area (Å²) in [6, 6.07) is 0. The molecule has 0 unspecified atom stereocenters. The van der Waals surface area contributed by atoms with E-state index in [1.54, 1.807) is 0 Å². The average molecular weight is 178 g/mol. The third-order valence-electron chi connectivity index (χ3n) is 2.10. The smallest absolute Gasteiger partial charge is 0.332 e. The van der Waals surface area contributed by atoms with Gasteiger partial charge in [-0.25, -0.2) is 0 Å². The van der Waals surface area contributed by atoms with E-state index < -0.39 is 0 Å². The van der Waals surface area contributed by atoms with Gasteiger partial charge in [0.1, 0.15) is 0 Å². The van der Waals surface area contributed by atoms with Gasteiger partial charge in [0.2, 0.25) is 0 Å². The van der Waals surface area contributed by atoms with Gasteiger partial charge in [-0.15, -0.1) is 0 Å². The van der Waals surface area contributed by atoms with E-state index >= 15 is 0 Å². The van der Waals surface area contributed by atoms with Crippen LogP contribution in [0.5, 0.6) is 0 Å². The maximum atomic E-state index is 2.27. The molecule has 0 heterocycles. The van der Waals surface area contributed by atoms with Gasteiger partial charge in [0.05, 0.1) is 0 Å². The van der Waals surface area contributed by atoms with Crippen LogP contribution < -0.4 is 29.6 Å². The second kappa shape index (κ2) is 14.5. The van der Waals surface area contributed by atoms with Gasteiger partial charge >= 0.3 is 29.6 Å². The van der Waals surface area contributed by atoms with E-state index in [-0.39, 0.29) is 29.6 Å². The summed E-state index contributed by atoms with van der Waals surface area (Å²) in [7, 11) is 0. The third kappa shape index (κ3) is 13.6. The van der Waals surface area contributed by atoms with E-state index in [9.17, 15) is 0 Å². The minimum absolute atomic E-state index is 0. The molecule has 12 heavy (non-hydrogen) atoms. The van der Waals surface area contributed by atoms with Gasteiger partial charge in [-0.05, 0) is 0 Å². The van der Waals surface area contributed by atoms with E-state index in [1.807, 2.05) is 0 Å². The summed E-state index contributed by atoms with van der Waals surface area (Å²) in [4.78, 5) is 0. The molecule has 0 atom stereocenters. The van der Waals surface area contributed by atoms with Crippen LogP contribution in [0, 0.1) is 6.42 Å². The van der Waals surface area contributed by atoms with E-state index in [0.717, 1.165) is 0 Å². The van der Waals surface area contributed by atoms with E-state index in [2.05, 4.69) is 20.3 Å². The van der Waals surface area contributed by atoms with Crippen LogP contribution in [0.4, 0.5) is 0 Å². The molecule has 0 saturated heterocycles. The van der Waals surface area contributed by atoms with Crippen LogP contribution in [0.2, 0.25) is 0 Å². The molecule has 0 rings (SSSR count). The molecule has 0 aromatic heterocycles. The Morgan fingerprint density at radius 1 is 0.833 bits per heavy atom. The first-order valence-corrected chi connectivity index (χ1v) is 5.19. The summed E-state index contributed by atoms with van der Waals surface area (Å²) in [6.45, 7) is 4.42. The summed E-state index contributed by atoms with van der Waals surface area (Å²) in [5, 5.41) is 0. The molecule has 0 aliphatic heterocycles. The van der Waals surface area contributed by atoms with Crippen LogP contribution in [0.3, 0.4) is 0 Å². The Kier molecular flexibility index (Phi) is 18.7. The van der Waals surface area contributed by atoms with Crippen LogP contribution >= 0.6 is 0 Å². The van der Waals surface area contributed by atoms with Crippen LogP contribution in [0.25, 0.3) is 0 Å². The van der Waals surface area contributed by atoms with Gasteiger partial charge in [0.25, 0.3) is 0 Å². The molecule has 0 aliphatic carbocycles. The molecule has 0 bridgehead atoms. The normalized spacial score (nSPS) is 9.50. The SMILES string of the molecule is C[CH-]CCCCCCCCC.[Na+]. The molecule has 0 N–H and O–H groups in total. The maximum Gasteiger partial charge on any atom is 1.00 e. The topological polar surface area (TPSA) is 0 Å². The largest absolute Gasteiger partial charge is 1.00 e. The Morgan fingerprint density at radius 2 is 1.33 bits per heavy atom. The van der Waals surface area contributed by atoms with Crippen molar-refractivity contribution in [2.45, 2.75) is 65.2 Å². The van der Waals surface area contributed by atoms with Crippen molar-refractivity contribution in [1.82, 2.24) is 0 Å². The molecule has 68 valence electrons. The Labute approximate surface area is 101 Å². The zero-order valence-electron chi connectivity index (χ0n) is 9.23. The number of rotatable bonds is 8. The Morgan fingerprint density at radius 3 is 1.83 bits per heavy atom. The van der Waals surface area contributed by atoms with Crippen LogP contribution in [-0.4, -0.2) is 0 Å². The summed E-state index contributed by atoms with van der Waals surface area (Å²) in [5.74, 6) is 0. The zero-order chi connectivity index (χ0) is 8.36. The summed E-state index contributed by atoms with van der Waals surface area (Å²) in [6.07, 6.45) is 13.6. The van der Waals surface area contributed by atoms with Crippen LogP contribution in [0.15, 0.2) is 0 Å². The number of hydrogen-bond acceptors (Lipinski definition) is 0. The fourth-order valence-corrected chi connectivity index (χ4v) is 1.31. The minimum atomic E-state index is 0. The first-order chi connectivity index (χ1) is 5.41. The Bertz CT molecular complexity index is 54.0. The molecule has 0 saturated carbocycles. The number of hydrogen-bond donors (Lipinski definition) is 0. The fourth-order valence-electron chi connectivity index (χ4n) is 1.31. The van der Waals surface area contributed by atoms with Crippen molar-refractivity contribution in [3.8, 4) is 0 Å². The third-order valence-corrected chi connectivity index (χ3v) is 2.10. The average Bonchev–Trinajstić information content (AvgIpc) is 2.03. The monoisotopic (exact) mass is 178 g/mol. The van der Waals surface area contributed by atoms with Gasteiger partial charge in [-0.2, -0.15) is 13.3 Å². The number of unbranched alkanes of at least 4 members (excludes halogenated alkanes) is 8. The standard InChI is InChI=1S/C11H23.Na/c1-3-5-7-9-11-10-8-6-4-2;/h3H,4-11H2,1-2H3;/q-1;+1. The fraction of sp³-hybridized carbons (Fsp3) is 0.909. The molecule has 0 fully saturated rings. The summed E-state index contributed by atoms with van der Waals surface area (Å²) >= 11 is 0. The molecule has 0 aromatic carbocycles. The predicted molar refractivity (Wildman–Crippen MR) is 52.6 cm³/mol. The van der Waals surface area contributed by atoms with Crippen molar-refractivity contribution in [2.75, 3.05) is 0 Å². The minimum Gasteiger partial charge on any atom is -0.332 e.